The largest absolute Gasteiger partial charge is 0.480 e. The molecule has 90 valence electrons. The number of carboxylic acids is 1. The quantitative estimate of drug-likeness (QED) is 0.850. The van der Waals surface area contributed by atoms with Crippen molar-refractivity contribution in [2.24, 2.45) is 0 Å². The first kappa shape index (κ1) is 12.4. The second-order valence-corrected chi connectivity index (χ2v) is 5.66. The zero-order valence-corrected chi connectivity index (χ0v) is 11.5. The van der Waals surface area contributed by atoms with Crippen molar-refractivity contribution in [3.8, 4) is 0 Å². The average Bonchev–Trinajstić information content (AvgIpc) is 2.66. The Hall–Kier alpha value is -1.01. The lowest BCUT2D eigenvalue weighted by Gasteiger charge is -2.05. The van der Waals surface area contributed by atoms with Crippen molar-refractivity contribution < 1.29 is 9.90 Å². The van der Waals surface area contributed by atoms with Crippen LogP contribution in [-0.4, -0.2) is 26.3 Å². The molecule has 0 fully saturated rings. The van der Waals surface area contributed by atoms with E-state index in [1.807, 2.05) is 25.1 Å². The molecule has 1 atom stereocenters. The number of rotatable bonds is 4. The van der Waals surface area contributed by atoms with Crippen LogP contribution in [0.3, 0.4) is 0 Å². The maximum Gasteiger partial charge on any atom is 0.317 e. The van der Waals surface area contributed by atoms with E-state index in [0.29, 0.717) is 11.6 Å². The van der Waals surface area contributed by atoms with Gasteiger partial charge in [0.25, 0.3) is 0 Å². The van der Waals surface area contributed by atoms with Gasteiger partial charge in [0.1, 0.15) is 5.25 Å². The van der Waals surface area contributed by atoms with Gasteiger partial charge in [0.2, 0.25) is 0 Å². The van der Waals surface area contributed by atoms with Crippen LogP contribution in [0, 0.1) is 0 Å². The number of nitrogens with one attached hydrogen (secondary N) is 1. The van der Waals surface area contributed by atoms with E-state index in [-0.39, 0.29) is 0 Å². The molecule has 2 aromatic rings. The van der Waals surface area contributed by atoms with E-state index in [1.165, 1.54) is 11.8 Å². The highest BCUT2D eigenvalue weighted by molar-refractivity contribution is 9.10. The van der Waals surface area contributed by atoms with Gasteiger partial charge in [0.15, 0.2) is 5.16 Å². The van der Waals surface area contributed by atoms with Crippen LogP contribution < -0.4 is 0 Å². The van der Waals surface area contributed by atoms with Crippen LogP contribution in [-0.2, 0) is 4.79 Å². The van der Waals surface area contributed by atoms with Crippen LogP contribution >= 0.6 is 27.7 Å². The number of fused-ring (bicyclic) bond motifs is 1. The molecule has 0 aliphatic rings. The highest BCUT2D eigenvalue weighted by atomic mass is 79.9. The van der Waals surface area contributed by atoms with E-state index in [1.54, 1.807) is 0 Å². The maximum absolute atomic E-state index is 10.9. The number of thioether (sulfide) groups is 1. The Morgan fingerprint density at radius 1 is 1.65 bits per heavy atom. The molecule has 0 radical (unpaired) electrons. The lowest BCUT2D eigenvalue weighted by Crippen LogP contribution is -2.14. The van der Waals surface area contributed by atoms with E-state index in [9.17, 15) is 4.79 Å². The molecule has 0 amide bonds. The lowest BCUT2D eigenvalue weighted by atomic mass is 10.3. The molecule has 1 aromatic carbocycles. The summed E-state index contributed by atoms with van der Waals surface area (Å²) in [6.45, 7) is 1.85. The van der Waals surface area contributed by atoms with E-state index in [0.717, 1.165) is 15.5 Å². The number of aromatic nitrogens is 2. The number of aromatic amines is 1. The molecule has 0 bridgehead atoms. The Kier molecular flexibility index (Phi) is 3.73. The van der Waals surface area contributed by atoms with E-state index in [4.69, 9.17) is 5.11 Å². The van der Waals surface area contributed by atoms with Crippen LogP contribution in [0.4, 0.5) is 0 Å². The number of halogens is 1. The third-order valence-corrected chi connectivity index (χ3v) is 4.05. The predicted octanol–water partition coefficient (Wildman–Crippen LogP) is 3.28. The molecule has 0 aliphatic heterocycles. The number of carbonyl (C=O) groups is 1. The first-order valence-corrected chi connectivity index (χ1v) is 6.82. The van der Waals surface area contributed by atoms with Gasteiger partial charge in [-0.2, -0.15) is 0 Å². The van der Waals surface area contributed by atoms with Gasteiger partial charge in [0, 0.05) is 4.47 Å². The topological polar surface area (TPSA) is 66.0 Å². The van der Waals surface area contributed by atoms with Crippen LogP contribution in [0.1, 0.15) is 13.3 Å². The van der Waals surface area contributed by atoms with Gasteiger partial charge in [-0.15, -0.1) is 0 Å². The second kappa shape index (κ2) is 5.10. The Balaban J connectivity index is 2.27. The van der Waals surface area contributed by atoms with Gasteiger partial charge in [-0.3, -0.25) is 4.79 Å². The molecule has 1 aromatic heterocycles. The zero-order valence-electron chi connectivity index (χ0n) is 9.11. The fourth-order valence-corrected chi connectivity index (χ4v) is 2.68. The maximum atomic E-state index is 10.9. The summed E-state index contributed by atoms with van der Waals surface area (Å²) >= 11 is 4.63. The van der Waals surface area contributed by atoms with Crippen molar-refractivity contribution in [3.63, 3.8) is 0 Å². The highest BCUT2D eigenvalue weighted by Crippen LogP contribution is 2.26. The summed E-state index contributed by atoms with van der Waals surface area (Å²) in [5, 5.41) is 9.17. The standard InChI is InChI=1S/C11H11BrN2O2S/c1-2-9(10(15)16)17-11-13-7-4-3-6(12)5-8(7)14-11/h3-5,9H,2H2,1H3,(H,13,14)(H,15,16). The Bertz CT molecular complexity index is 555. The smallest absolute Gasteiger partial charge is 0.317 e. The number of imidazole rings is 1. The van der Waals surface area contributed by atoms with Gasteiger partial charge < -0.3 is 10.1 Å². The molecule has 0 saturated carbocycles. The Labute approximate surface area is 111 Å². The first-order valence-electron chi connectivity index (χ1n) is 5.15. The monoisotopic (exact) mass is 314 g/mol. The van der Waals surface area contributed by atoms with Crippen molar-refractivity contribution in [2.75, 3.05) is 0 Å². The number of hydrogen-bond acceptors (Lipinski definition) is 3. The van der Waals surface area contributed by atoms with Gasteiger partial charge in [-0.25, -0.2) is 4.98 Å². The van der Waals surface area contributed by atoms with Crippen LogP contribution in [0.15, 0.2) is 27.8 Å². The molecule has 6 heteroatoms. The van der Waals surface area contributed by atoms with Crippen molar-refractivity contribution in [3.05, 3.63) is 22.7 Å². The molecular weight excluding hydrogens is 304 g/mol. The number of H-pyrrole nitrogens is 1. The number of nitrogens with zero attached hydrogens (tertiary/aromatic N) is 1. The molecule has 0 saturated heterocycles. The summed E-state index contributed by atoms with van der Waals surface area (Å²) in [6.07, 6.45) is 0.570. The lowest BCUT2D eigenvalue weighted by molar-refractivity contribution is -0.136. The minimum absolute atomic E-state index is 0.459. The van der Waals surface area contributed by atoms with Crippen molar-refractivity contribution >= 4 is 44.7 Å². The average molecular weight is 315 g/mol. The minimum Gasteiger partial charge on any atom is -0.480 e. The minimum atomic E-state index is -0.806. The fourth-order valence-electron chi connectivity index (χ4n) is 1.46. The zero-order chi connectivity index (χ0) is 12.4. The summed E-state index contributed by atoms with van der Waals surface area (Å²) in [5.74, 6) is -0.806. The second-order valence-electron chi connectivity index (χ2n) is 3.56. The number of aliphatic carboxylic acids is 1. The number of carboxylic acid groups (broad SMARTS) is 1. The summed E-state index contributed by atoms with van der Waals surface area (Å²) in [6, 6.07) is 5.72. The molecule has 2 N–H and O–H groups in total. The number of hydrogen-bond donors (Lipinski definition) is 2. The van der Waals surface area contributed by atoms with Crippen LogP contribution in [0.5, 0.6) is 0 Å². The number of benzene rings is 1. The van der Waals surface area contributed by atoms with Crippen LogP contribution in [0.2, 0.25) is 0 Å². The predicted molar refractivity (Wildman–Crippen MR) is 71.4 cm³/mol. The third kappa shape index (κ3) is 2.81. The molecule has 1 heterocycles. The van der Waals surface area contributed by atoms with E-state index < -0.39 is 11.2 Å². The van der Waals surface area contributed by atoms with Gasteiger partial charge in [-0.05, 0) is 24.6 Å². The van der Waals surface area contributed by atoms with Crippen molar-refractivity contribution in [1.82, 2.24) is 9.97 Å². The molecule has 0 aliphatic carbocycles. The van der Waals surface area contributed by atoms with Crippen molar-refractivity contribution in [1.29, 1.82) is 0 Å². The van der Waals surface area contributed by atoms with Gasteiger partial charge in [-0.1, -0.05) is 34.6 Å². The first-order chi connectivity index (χ1) is 8.10. The SMILES string of the molecule is CCC(Sc1nc2ccc(Br)cc2[nH]1)C(=O)O. The Morgan fingerprint density at radius 2 is 2.41 bits per heavy atom. The van der Waals surface area contributed by atoms with E-state index >= 15 is 0 Å². The summed E-state index contributed by atoms with van der Waals surface area (Å²) in [4.78, 5) is 18.4. The normalized spacial score (nSPS) is 12.8. The summed E-state index contributed by atoms with van der Waals surface area (Å²) < 4.78 is 0.968. The third-order valence-electron chi connectivity index (χ3n) is 2.32. The van der Waals surface area contributed by atoms with Gasteiger partial charge in [0.05, 0.1) is 11.0 Å². The van der Waals surface area contributed by atoms with Crippen molar-refractivity contribution in [2.45, 2.75) is 23.8 Å². The highest BCUT2D eigenvalue weighted by Gasteiger charge is 2.18. The Morgan fingerprint density at radius 3 is 3.06 bits per heavy atom. The van der Waals surface area contributed by atoms with Gasteiger partial charge >= 0.3 is 5.97 Å². The molecule has 17 heavy (non-hydrogen) atoms. The van der Waals surface area contributed by atoms with E-state index in [2.05, 4.69) is 25.9 Å². The molecular formula is C11H11BrN2O2S. The molecule has 4 nitrogen and oxygen atoms in total. The fraction of sp³-hybridized carbons (Fsp3) is 0.273. The molecule has 0 spiro atoms. The molecule has 2 rings (SSSR count). The molecule has 1 unspecified atom stereocenters. The summed E-state index contributed by atoms with van der Waals surface area (Å²) in [5.41, 5.74) is 1.75. The summed E-state index contributed by atoms with van der Waals surface area (Å²) in [7, 11) is 0. The van der Waals surface area contributed by atoms with Crippen LogP contribution in [0.25, 0.3) is 11.0 Å².